The number of unbranched alkanes of at least 4 members (excludes halogenated alkanes) is 2. The van der Waals surface area contributed by atoms with Gasteiger partial charge in [-0.3, -0.25) is 28.9 Å². The van der Waals surface area contributed by atoms with Crippen molar-refractivity contribution >= 4 is 35.8 Å². The first kappa shape index (κ1) is 45.4. The lowest BCUT2D eigenvalue weighted by molar-refractivity contribution is -0.143. The normalized spacial score (nSPS) is 23.0. The summed E-state index contributed by atoms with van der Waals surface area (Å²) in [6, 6.07) is -3.77. The number of hydrogen-bond acceptors (Lipinski definition) is 7. The topological polar surface area (TPSA) is 157 Å². The highest BCUT2D eigenvalue weighted by Gasteiger charge is 2.52. The van der Waals surface area contributed by atoms with Crippen molar-refractivity contribution in [1.82, 2.24) is 31.1 Å². The van der Waals surface area contributed by atoms with E-state index in [1.54, 1.807) is 4.90 Å². The Labute approximate surface area is 325 Å². The second-order valence-corrected chi connectivity index (χ2v) is 19.6. The first-order chi connectivity index (χ1) is 25.1. The number of Topliss-reactive ketones (excluding diaryl/α,β-unsaturated/α-hetero) is 1. The molecule has 0 aromatic rings. The van der Waals surface area contributed by atoms with E-state index < -0.39 is 58.3 Å². The van der Waals surface area contributed by atoms with Crippen molar-refractivity contribution in [3.8, 4) is 0 Å². The van der Waals surface area contributed by atoms with Crippen LogP contribution in [-0.2, 0) is 24.0 Å². The number of rotatable bonds is 18. The van der Waals surface area contributed by atoms with E-state index in [1.807, 2.05) is 55.4 Å². The summed E-state index contributed by atoms with van der Waals surface area (Å²) in [7, 11) is 0. The molecular weight excluding hydrogens is 684 g/mol. The van der Waals surface area contributed by atoms with Crippen LogP contribution in [0.25, 0.3) is 0 Å². The molecule has 3 rings (SSSR count). The maximum absolute atomic E-state index is 14.8. The first-order valence-corrected chi connectivity index (χ1v) is 20.8. The van der Waals surface area contributed by atoms with E-state index in [9.17, 15) is 28.8 Å². The lowest BCUT2D eigenvalue weighted by atomic mass is 9.71. The maximum atomic E-state index is 14.8. The molecule has 0 aromatic carbocycles. The van der Waals surface area contributed by atoms with Gasteiger partial charge >= 0.3 is 6.03 Å². The summed E-state index contributed by atoms with van der Waals surface area (Å²) < 4.78 is 0. The summed E-state index contributed by atoms with van der Waals surface area (Å²) in [6.45, 7) is 24.2. The second kappa shape index (κ2) is 18.7. The van der Waals surface area contributed by atoms with E-state index in [1.165, 1.54) is 0 Å². The van der Waals surface area contributed by atoms with Crippen molar-refractivity contribution in [2.75, 3.05) is 26.2 Å². The van der Waals surface area contributed by atoms with Gasteiger partial charge < -0.3 is 26.2 Å². The minimum atomic E-state index is -0.988. The fraction of sp³-hybridized carbons (Fsp3) is 0.857. The van der Waals surface area contributed by atoms with Crippen LogP contribution in [0.3, 0.4) is 0 Å². The second-order valence-electron chi connectivity index (χ2n) is 19.6. The molecule has 308 valence electrons. The Morgan fingerprint density at radius 3 is 1.98 bits per heavy atom. The number of carbonyl (C=O) groups excluding carboxylic acids is 6. The standard InChI is InChI=1S/C42H74N6O6/c1-12-13-14-20-42(28(2)3)24-31(35(51)44-30(32(50)26-49)23-29-18-17-19-29)48(27-42)36(52)34(40(7,8)9)46-38(54)45-33(39(4,5)6)25-43-37(53)41(10,11)47-21-15-16-22-47/h26,28-31,33-34H,12-25,27H2,1-11H3,(H,43,53)(H,44,51)(H2,45,46,54)/t30?,31-,33+,34+,42-/m0/s1. The van der Waals surface area contributed by atoms with Crippen molar-refractivity contribution in [1.29, 1.82) is 0 Å². The molecule has 54 heavy (non-hydrogen) atoms. The SMILES string of the molecule is CCCCC[C@]1(C(C)C)C[C@@H](C(=O)NC(CC2CCC2)C(=O)C=O)N(C(=O)[C@@H](NC(=O)N[C@H](CNC(=O)C(C)(C)N2CCCC2)C(C)(C)C)C(C)(C)C)C1. The van der Waals surface area contributed by atoms with Gasteiger partial charge in [-0.25, -0.2) is 4.79 Å². The lowest BCUT2D eigenvalue weighted by Crippen LogP contribution is -2.62. The highest BCUT2D eigenvalue weighted by atomic mass is 16.2. The van der Waals surface area contributed by atoms with Crippen LogP contribution in [-0.4, -0.2) is 102 Å². The Bertz CT molecular complexity index is 1330. The van der Waals surface area contributed by atoms with Crippen molar-refractivity contribution in [3.05, 3.63) is 0 Å². The number of hydrogen-bond donors (Lipinski definition) is 4. The monoisotopic (exact) mass is 759 g/mol. The molecule has 3 aliphatic rings. The number of likely N-dealkylation sites (tertiary alicyclic amines) is 2. The molecule has 2 aliphatic heterocycles. The smallest absolute Gasteiger partial charge is 0.315 e. The third-order valence-corrected chi connectivity index (χ3v) is 12.8. The Hall–Kier alpha value is -3.02. The molecule has 0 spiro atoms. The minimum Gasteiger partial charge on any atom is -0.352 e. The maximum Gasteiger partial charge on any atom is 0.315 e. The summed E-state index contributed by atoms with van der Waals surface area (Å²) in [5.41, 5.74) is -2.17. The van der Waals surface area contributed by atoms with Crippen LogP contribution >= 0.6 is 0 Å². The summed E-state index contributed by atoms with van der Waals surface area (Å²) in [6.07, 6.45) is 10.1. The van der Waals surface area contributed by atoms with Gasteiger partial charge in [-0.2, -0.15) is 0 Å². The molecule has 0 aromatic heterocycles. The van der Waals surface area contributed by atoms with E-state index in [-0.39, 0.29) is 41.9 Å². The van der Waals surface area contributed by atoms with Crippen LogP contribution in [0.15, 0.2) is 0 Å². The third kappa shape index (κ3) is 11.5. The van der Waals surface area contributed by atoms with Gasteiger partial charge in [0.2, 0.25) is 23.5 Å². The van der Waals surface area contributed by atoms with Crippen molar-refractivity contribution in [3.63, 3.8) is 0 Å². The van der Waals surface area contributed by atoms with Crippen LogP contribution in [0.1, 0.15) is 147 Å². The summed E-state index contributed by atoms with van der Waals surface area (Å²) in [5, 5.41) is 12.0. The molecule has 5 atom stereocenters. The summed E-state index contributed by atoms with van der Waals surface area (Å²) in [5.74, 6) is -1.11. The van der Waals surface area contributed by atoms with E-state index in [0.29, 0.717) is 19.4 Å². The zero-order chi connectivity index (χ0) is 40.6. The molecule has 5 amide bonds. The molecule has 12 nitrogen and oxygen atoms in total. The quantitative estimate of drug-likeness (QED) is 0.0832. The van der Waals surface area contributed by atoms with Gasteiger partial charge in [0.15, 0.2) is 6.29 Å². The highest BCUT2D eigenvalue weighted by molar-refractivity contribution is 6.28. The van der Waals surface area contributed by atoms with E-state index in [4.69, 9.17) is 0 Å². The number of urea groups is 1. The van der Waals surface area contributed by atoms with Gasteiger partial charge in [0.25, 0.3) is 0 Å². The predicted molar refractivity (Wildman–Crippen MR) is 213 cm³/mol. The first-order valence-electron chi connectivity index (χ1n) is 20.8. The van der Waals surface area contributed by atoms with Gasteiger partial charge in [0.05, 0.1) is 17.6 Å². The summed E-state index contributed by atoms with van der Waals surface area (Å²) >= 11 is 0. The molecule has 3 fully saturated rings. The Kier molecular flexibility index (Phi) is 15.7. The molecule has 1 unspecified atom stereocenters. The fourth-order valence-corrected chi connectivity index (χ4v) is 8.30. The van der Waals surface area contributed by atoms with E-state index >= 15 is 0 Å². The molecule has 0 radical (unpaired) electrons. The van der Waals surface area contributed by atoms with Crippen molar-refractivity contribution in [2.45, 2.75) is 176 Å². The van der Waals surface area contributed by atoms with Gasteiger partial charge in [-0.1, -0.05) is 101 Å². The minimum absolute atomic E-state index is 0.0979. The van der Waals surface area contributed by atoms with E-state index in [2.05, 4.69) is 46.9 Å². The number of aldehydes is 1. The number of nitrogens with one attached hydrogen (secondary N) is 4. The average Bonchev–Trinajstić information content (AvgIpc) is 3.75. The van der Waals surface area contributed by atoms with Crippen molar-refractivity contribution < 1.29 is 28.8 Å². The molecule has 2 heterocycles. The highest BCUT2D eigenvalue weighted by Crippen LogP contribution is 2.46. The molecule has 1 saturated carbocycles. The van der Waals surface area contributed by atoms with Gasteiger partial charge in [0.1, 0.15) is 12.1 Å². The zero-order valence-corrected chi connectivity index (χ0v) is 35.5. The summed E-state index contributed by atoms with van der Waals surface area (Å²) in [4.78, 5) is 84.5. The molecule has 0 bridgehead atoms. The van der Waals surface area contributed by atoms with Crippen LogP contribution in [0.4, 0.5) is 4.79 Å². The lowest BCUT2D eigenvalue weighted by Gasteiger charge is -2.38. The van der Waals surface area contributed by atoms with Crippen LogP contribution < -0.4 is 21.3 Å². The van der Waals surface area contributed by atoms with Crippen LogP contribution in [0.2, 0.25) is 0 Å². The number of carbonyl (C=O) groups is 6. The Morgan fingerprint density at radius 1 is 0.852 bits per heavy atom. The fourth-order valence-electron chi connectivity index (χ4n) is 8.30. The van der Waals surface area contributed by atoms with Gasteiger partial charge in [0, 0.05) is 13.1 Å². The molecule has 4 N–H and O–H groups in total. The van der Waals surface area contributed by atoms with Gasteiger partial charge in [-0.05, 0) is 87.1 Å². The zero-order valence-electron chi connectivity index (χ0n) is 35.5. The Morgan fingerprint density at radius 2 is 1.48 bits per heavy atom. The average molecular weight is 759 g/mol. The van der Waals surface area contributed by atoms with Crippen LogP contribution in [0.5, 0.6) is 0 Å². The van der Waals surface area contributed by atoms with E-state index in [0.717, 1.165) is 70.9 Å². The number of nitrogens with zero attached hydrogens (tertiary/aromatic N) is 2. The molecule has 12 heteroatoms. The van der Waals surface area contributed by atoms with Crippen molar-refractivity contribution in [2.24, 2.45) is 28.1 Å². The molecule has 1 aliphatic carbocycles. The molecular formula is C42H74N6O6. The van der Waals surface area contributed by atoms with Gasteiger partial charge in [-0.15, -0.1) is 0 Å². The largest absolute Gasteiger partial charge is 0.352 e. The molecule has 2 saturated heterocycles. The third-order valence-electron chi connectivity index (χ3n) is 12.8. The Balaban J connectivity index is 1.86. The predicted octanol–water partition coefficient (Wildman–Crippen LogP) is 5.37. The number of amides is 5. The van der Waals surface area contributed by atoms with Crippen LogP contribution in [0, 0.1) is 28.1 Å². The number of ketones is 1.